The van der Waals surface area contributed by atoms with Gasteiger partial charge in [0.25, 0.3) is 0 Å². The minimum absolute atomic E-state index is 0.747. The van der Waals surface area contributed by atoms with Crippen molar-refractivity contribution < 1.29 is 4.74 Å². The van der Waals surface area contributed by atoms with Gasteiger partial charge in [-0.1, -0.05) is 6.92 Å². The molecule has 2 heteroatoms. The van der Waals surface area contributed by atoms with Crippen molar-refractivity contribution >= 4 is 0 Å². The van der Waals surface area contributed by atoms with Crippen molar-refractivity contribution in [3.05, 3.63) is 0 Å². The second-order valence-electron chi connectivity index (χ2n) is 4.31. The van der Waals surface area contributed by atoms with Gasteiger partial charge in [0, 0.05) is 12.6 Å². The highest BCUT2D eigenvalue weighted by atomic mass is 16.5. The average molecular weight is 169 g/mol. The van der Waals surface area contributed by atoms with Crippen molar-refractivity contribution in [2.24, 2.45) is 11.8 Å². The molecule has 2 aliphatic heterocycles. The van der Waals surface area contributed by atoms with E-state index in [1.165, 1.54) is 25.8 Å². The van der Waals surface area contributed by atoms with Gasteiger partial charge in [0.05, 0.1) is 6.61 Å². The number of nitrogens with one attached hydrogen (secondary N) is 1. The van der Waals surface area contributed by atoms with Crippen LogP contribution in [0.3, 0.4) is 0 Å². The van der Waals surface area contributed by atoms with Gasteiger partial charge in [-0.2, -0.15) is 0 Å². The van der Waals surface area contributed by atoms with E-state index in [2.05, 4.69) is 12.2 Å². The summed E-state index contributed by atoms with van der Waals surface area (Å²) in [6.45, 7) is 5.55. The molecule has 0 saturated carbocycles. The summed E-state index contributed by atoms with van der Waals surface area (Å²) in [5, 5.41) is 3.61. The summed E-state index contributed by atoms with van der Waals surface area (Å²) in [6, 6.07) is 0.747. The summed E-state index contributed by atoms with van der Waals surface area (Å²) in [5.74, 6) is 1.71. The van der Waals surface area contributed by atoms with E-state index in [1.54, 1.807) is 0 Å². The maximum absolute atomic E-state index is 5.41. The van der Waals surface area contributed by atoms with Gasteiger partial charge < -0.3 is 10.1 Å². The van der Waals surface area contributed by atoms with Gasteiger partial charge in [-0.15, -0.1) is 0 Å². The lowest BCUT2D eigenvalue weighted by Gasteiger charge is -2.31. The van der Waals surface area contributed by atoms with Crippen LogP contribution in [0.5, 0.6) is 0 Å². The molecule has 0 aliphatic carbocycles. The highest BCUT2D eigenvalue weighted by Crippen LogP contribution is 2.25. The molecular formula is C10H19NO. The quantitative estimate of drug-likeness (QED) is 0.641. The number of rotatable bonds is 1. The van der Waals surface area contributed by atoms with Crippen molar-refractivity contribution in [2.75, 3.05) is 19.8 Å². The summed E-state index contributed by atoms with van der Waals surface area (Å²) >= 11 is 0. The predicted molar refractivity (Wildman–Crippen MR) is 49.1 cm³/mol. The molecule has 0 amide bonds. The largest absolute Gasteiger partial charge is 0.381 e. The van der Waals surface area contributed by atoms with Crippen molar-refractivity contribution in [3.8, 4) is 0 Å². The van der Waals surface area contributed by atoms with Crippen molar-refractivity contribution in [1.82, 2.24) is 5.32 Å². The van der Waals surface area contributed by atoms with Crippen LogP contribution in [0.4, 0.5) is 0 Å². The second kappa shape index (κ2) is 3.75. The van der Waals surface area contributed by atoms with Crippen molar-refractivity contribution in [1.29, 1.82) is 0 Å². The summed E-state index contributed by atoms with van der Waals surface area (Å²) in [4.78, 5) is 0. The average Bonchev–Trinajstić information content (AvgIpc) is 2.56. The van der Waals surface area contributed by atoms with E-state index in [4.69, 9.17) is 4.74 Å². The second-order valence-corrected chi connectivity index (χ2v) is 4.31. The maximum atomic E-state index is 5.41. The Balaban J connectivity index is 1.85. The molecule has 2 fully saturated rings. The van der Waals surface area contributed by atoms with Gasteiger partial charge in [-0.05, 0) is 37.6 Å². The van der Waals surface area contributed by atoms with Crippen molar-refractivity contribution in [2.45, 2.75) is 32.2 Å². The molecule has 0 aromatic carbocycles. The van der Waals surface area contributed by atoms with E-state index >= 15 is 0 Å². The van der Waals surface area contributed by atoms with Crippen LogP contribution in [0.2, 0.25) is 0 Å². The molecule has 0 bridgehead atoms. The number of ether oxygens (including phenoxy) is 1. The third kappa shape index (κ3) is 1.80. The van der Waals surface area contributed by atoms with Crippen LogP contribution in [-0.2, 0) is 4.74 Å². The lowest BCUT2D eigenvalue weighted by atomic mass is 9.86. The van der Waals surface area contributed by atoms with Gasteiger partial charge in [0.1, 0.15) is 0 Å². The van der Waals surface area contributed by atoms with E-state index < -0.39 is 0 Å². The summed E-state index contributed by atoms with van der Waals surface area (Å²) in [5.41, 5.74) is 0. The maximum Gasteiger partial charge on any atom is 0.0510 e. The Hall–Kier alpha value is -0.0800. The smallest absolute Gasteiger partial charge is 0.0510 e. The van der Waals surface area contributed by atoms with Crippen LogP contribution < -0.4 is 5.32 Å². The Kier molecular flexibility index (Phi) is 2.66. The fourth-order valence-electron chi connectivity index (χ4n) is 2.38. The van der Waals surface area contributed by atoms with E-state index in [9.17, 15) is 0 Å². The first-order chi connectivity index (χ1) is 5.86. The van der Waals surface area contributed by atoms with Crippen LogP contribution in [-0.4, -0.2) is 25.8 Å². The minimum Gasteiger partial charge on any atom is -0.381 e. The zero-order chi connectivity index (χ0) is 8.39. The molecule has 70 valence electrons. The van der Waals surface area contributed by atoms with Gasteiger partial charge in [-0.25, -0.2) is 0 Å². The minimum atomic E-state index is 0.747. The molecule has 2 rings (SSSR count). The van der Waals surface area contributed by atoms with Crippen LogP contribution >= 0.6 is 0 Å². The third-order valence-electron chi connectivity index (χ3n) is 3.23. The topological polar surface area (TPSA) is 21.3 Å². The molecule has 0 spiro atoms. The molecule has 0 aromatic rings. The Morgan fingerprint density at radius 2 is 2.25 bits per heavy atom. The summed E-state index contributed by atoms with van der Waals surface area (Å²) < 4.78 is 5.41. The highest BCUT2D eigenvalue weighted by Gasteiger charge is 2.28. The molecule has 1 N–H and O–H groups in total. The molecule has 3 unspecified atom stereocenters. The molecule has 2 aliphatic rings. The summed E-state index contributed by atoms with van der Waals surface area (Å²) in [7, 11) is 0. The number of piperidine rings is 1. The number of hydrogen-bond acceptors (Lipinski definition) is 2. The standard InChI is InChI=1S/C10H19NO/c1-8-2-4-11-10(6-8)9-3-5-12-7-9/h8-11H,2-7H2,1H3. The first-order valence-corrected chi connectivity index (χ1v) is 5.17. The van der Waals surface area contributed by atoms with E-state index in [0.29, 0.717) is 0 Å². The molecular weight excluding hydrogens is 150 g/mol. The monoisotopic (exact) mass is 169 g/mol. The van der Waals surface area contributed by atoms with Crippen LogP contribution in [0, 0.1) is 11.8 Å². The fraction of sp³-hybridized carbons (Fsp3) is 1.00. The van der Waals surface area contributed by atoms with Gasteiger partial charge in [0.15, 0.2) is 0 Å². The van der Waals surface area contributed by atoms with Gasteiger partial charge in [0.2, 0.25) is 0 Å². The Morgan fingerprint density at radius 3 is 2.92 bits per heavy atom. The number of hydrogen-bond donors (Lipinski definition) is 1. The first kappa shape index (κ1) is 8.52. The molecule has 0 radical (unpaired) electrons. The Labute approximate surface area is 74.7 Å². The van der Waals surface area contributed by atoms with Crippen LogP contribution in [0.25, 0.3) is 0 Å². The molecule has 12 heavy (non-hydrogen) atoms. The first-order valence-electron chi connectivity index (χ1n) is 5.17. The normalized spacial score (nSPS) is 43.2. The highest BCUT2D eigenvalue weighted by molar-refractivity contribution is 4.84. The Morgan fingerprint density at radius 1 is 1.33 bits per heavy atom. The molecule has 2 nitrogen and oxygen atoms in total. The molecule has 2 saturated heterocycles. The van der Waals surface area contributed by atoms with Crippen LogP contribution in [0.15, 0.2) is 0 Å². The Bertz CT molecular complexity index is 143. The molecule has 2 heterocycles. The zero-order valence-electron chi connectivity index (χ0n) is 7.88. The lowest BCUT2D eigenvalue weighted by Crippen LogP contribution is -2.42. The van der Waals surface area contributed by atoms with Gasteiger partial charge in [-0.3, -0.25) is 0 Å². The third-order valence-corrected chi connectivity index (χ3v) is 3.23. The predicted octanol–water partition coefficient (Wildman–Crippen LogP) is 1.41. The molecule has 3 atom stereocenters. The van der Waals surface area contributed by atoms with E-state index in [0.717, 1.165) is 31.1 Å². The molecule has 0 aromatic heterocycles. The zero-order valence-corrected chi connectivity index (χ0v) is 7.88. The summed E-state index contributed by atoms with van der Waals surface area (Å²) in [6.07, 6.45) is 3.97. The van der Waals surface area contributed by atoms with Crippen LogP contribution in [0.1, 0.15) is 26.2 Å². The van der Waals surface area contributed by atoms with Crippen molar-refractivity contribution in [3.63, 3.8) is 0 Å². The van der Waals surface area contributed by atoms with E-state index in [-0.39, 0.29) is 0 Å². The SMILES string of the molecule is CC1CCNC(C2CCOC2)C1. The lowest BCUT2D eigenvalue weighted by molar-refractivity contribution is 0.165. The van der Waals surface area contributed by atoms with Gasteiger partial charge >= 0.3 is 0 Å². The fourth-order valence-corrected chi connectivity index (χ4v) is 2.38. The van der Waals surface area contributed by atoms with E-state index in [1.807, 2.05) is 0 Å².